The number of nitrogens with one attached hydrogen (secondary N) is 1. The highest BCUT2D eigenvalue weighted by Gasteiger charge is 2.19. The van der Waals surface area contributed by atoms with Crippen molar-refractivity contribution in [3.05, 3.63) is 46.0 Å². The molecular formula is C18H25N5O. The minimum absolute atomic E-state index is 0.154. The van der Waals surface area contributed by atoms with Gasteiger partial charge >= 0.3 is 0 Å². The van der Waals surface area contributed by atoms with E-state index in [0.717, 1.165) is 25.3 Å². The molecule has 1 aliphatic rings. The van der Waals surface area contributed by atoms with Crippen molar-refractivity contribution >= 4 is 11.5 Å². The standard InChI is InChI=1S/C18H25N5O/c1-4-23-9-7-14(8-10-23)15-5-6-17(19-12-15)20-16-11-13(2)21-22(3)18(16)24/h5-6,11-12,14H,4,7-10H2,1-3H3,(H,19,20). The maximum atomic E-state index is 12.1. The number of likely N-dealkylation sites (tertiary alicyclic amines) is 1. The van der Waals surface area contributed by atoms with E-state index in [9.17, 15) is 4.79 Å². The van der Waals surface area contributed by atoms with E-state index >= 15 is 0 Å². The molecule has 2 aromatic rings. The van der Waals surface area contributed by atoms with Crippen LogP contribution in [0.2, 0.25) is 0 Å². The molecule has 1 saturated heterocycles. The lowest BCUT2D eigenvalue weighted by Gasteiger charge is -2.31. The number of rotatable bonds is 4. The molecule has 0 unspecified atom stereocenters. The van der Waals surface area contributed by atoms with Crippen LogP contribution in [0.15, 0.2) is 29.2 Å². The summed E-state index contributed by atoms with van der Waals surface area (Å²) in [6.45, 7) is 7.53. The third kappa shape index (κ3) is 3.64. The summed E-state index contributed by atoms with van der Waals surface area (Å²) < 4.78 is 1.34. The van der Waals surface area contributed by atoms with Gasteiger partial charge in [0.05, 0.1) is 5.69 Å². The summed E-state index contributed by atoms with van der Waals surface area (Å²) in [7, 11) is 1.65. The van der Waals surface area contributed by atoms with Crippen molar-refractivity contribution < 1.29 is 0 Å². The van der Waals surface area contributed by atoms with Crippen molar-refractivity contribution in [1.29, 1.82) is 0 Å². The van der Waals surface area contributed by atoms with Gasteiger partial charge in [0.1, 0.15) is 11.5 Å². The van der Waals surface area contributed by atoms with Gasteiger partial charge in [0, 0.05) is 13.2 Å². The summed E-state index contributed by atoms with van der Waals surface area (Å²) in [5.74, 6) is 1.28. The zero-order valence-corrected chi connectivity index (χ0v) is 14.6. The summed E-state index contributed by atoms with van der Waals surface area (Å²) >= 11 is 0. The molecule has 128 valence electrons. The molecule has 0 aliphatic carbocycles. The summed E-state index contributed by atoms with van der Waals surface area (Å²) in [6.07, 6.45) is 4.31. The molecule has 2 aromatic heterocycles. The van der Waals surface area contributed by atoms with Crippen LogP contribution in [0.1, 0.15) is 36.9 Å². The van der Waals surface area contributed by atoms with E-state index in [1.165, 1.54) is 23.1 Å². The third-order valence-corrected chi connectivity index (χ3v) is 4.74. The largest absolute Gasteiger partial charge is 0.336 e. The van der Waals surface area contributed by atoms with Gasteiger partial charge < -0.3 is 10.2 Å². The van der Waals surface area contributed by atoms with E-state index in [-0.39, 0.29) is 5.56 Å². The van der Waals surface area contributed by atoms with Gasteiger partial charge in [-0.2, -0.15) is 5.10 Å². The molecule has 24 heavy (non-hydrogen) atoms. The molecule has 0 aromatic carbocycles. The Morgan fingerprint density at radius 3 is 2.67 bits per heavy atom. The minimum Gasteiger partial charge on any atom is -0.336 e. The first kappa shape index (κ1) is 16.6. The van der Waals surface area contributed by atoms with Crippen LogP contribution >= 0.6 is 0 Å². The molecule has 0 atom stereocenters. The molecule has 3 rings (SSSR count). The highest BCUT2D eigenvalue weighted by atomic mass is 16.1. The summed E-state index contributed by atoms with van der Waals surface area (Å²) in [5, 5.41) is 7.21. The Kier molecular flexibility index (Phi) is 4.94. The molecule has 3 heterocycles. The molecule has 0 spiro atoms. The van der Waals surface area contributed by atoms with Crippen molar-refractivity contribution in [3.63, 3.8) is 0 Å². The van der Waals surface area contributed by atoms with Crippen LogP contribution in [-0.2, 0) is 7.05 Å². The lowest BCUT2D eigenvalue weighted by Crippen LogP contribution is -2.32. The summed E-state index contributed by atoms with van der Waals surface area (Å²) in [6, 6.07) is 5.83. The molecule has 1 N–H and O–H groups in total. The Morgan fingerprint density at radius 2 is 2.04 bits per heavy atom. The normalized spacial score (nSPS) is 16.3. The highest BCUT2D eigenvalue weighted by molar-refractivity contribution is 5.55. The van der Waals surface area contributed by atoms with E-state index in [0.29, 0.717) is 17.4 Å². The fourth-order valence-electron chi connectivity index (χ4n) is 3.29. The van der Waals surface area contributed by atoms with Gasteiger partial charge in [0.15, 0.2) is 0 Å². The molecular weight excluding hydrogens is 302 g/mol. The Hall–Kier alpha value is -2.21. The second-order valence-electron chi connectivity index (χ2n) is 6.44. The highest BCUT2D eigenvalue weighted by Crippen LogP contribution is 2.28. The lowest BCUT2D eigenvalue weighted by molar-refractivity contribution is 0.222. The average molecular weight is 327 g/mol. The van der Waals surface area contributed by atoms with Crippen molar-refractivity contribution in [2.24, 2.45) is 7.05 Å². The fraction of sp³-hybridized carbons (Fsp3) is 0.500. The zero-order valence-electron chi connectivity index (χ0n) is 14.6. The van der Waals surface area contributed by atoms with Crippen LogP contribution in [0.3, 0.4) is 0 Å². The summed E-state index contributed by atoms with van der Waals surface area (Å²) in [4.78, 5) is 19.1. The molecule has 1 fully saturated rings. The number of pyridine rings is 1. The van der Waals surface area contributed by atoms with E-state index in [1.54, 1.807) is 13.1 Å². The molecule has 1 aliphatic heterocycles. The molecule has 0 radical (unpaired) electrons. The van der Waals surface area contributed by atoms with Crippen LogP contribution < -0.4 is 10.9 Å². The van der Waals surface area contributed by atoms with Gasteiger partial charge in [-0.1, -0.05) is 13.0 Å². The predicted octanol–water partition coefficient (Wildman–Crippen LogP) is 2.43. The topological polar surface area (TPSA) is 63.1 Å². The molecule has 6 nitrogen and oxygen atoms in total. The Bertz CT molecular complexity index is 745. The fourth-order valence-corrected chi connectivity index (χ4v) is 3.29. The summed E-state index contributed by atoms with van der Waals surface area (Å²) in [5.41, 5.74) is 2.42. The van der Waals surface area contributed by atoms with Crippen molar-refractivity contribution in [2.75, 3.05) is 25.0 Å². The number of hydrogen-bond donors (Lipinski definition) is 1. The Morgan fingerprint density at radius 1 is 1.29 bits per heavy atom. The van der Waals surface area contributed by atoms with Crippen LogP contribution in [-0.4, -0.2) is 39.3 Å². The first-order valence-electron chi connectivity index (χ1n) is 8.57. The first-order chi connectivity index (χ1) is 11.6. The smallest absolute Gasteiger partial charge is 0.290 e. The SMILES string of the molecule is CCN1CCC(c2ccc(Nc3cc(C)nn(C)c3=O)nc2)CC1. The number of piperidine rings is 1. The maximum Gasteiger partial charge on any atom is 0.290 e. The van der Waals surface area contributed by atoms with Crippen molar-refractivity contribution in [3.8, 4) is 0 Å². The van der Waals surface area contributed by atoms with Gasteiger partial charge in [-0.15, -0.1) is 0 Å². The van der Waals surface area contributed by atoms with Gasteiger partial charge in [0.25, 0.3) is 5.56 Å². The second kappa shape index (κ2) is 7.13. The molecule has 0 bridgehead atoms. The van der Waals surface area contributed by atoms with E-state index in [4.69, 9.17) is 0 Å². The number of aromatic nitrogens is 3. The van der Waals surface area contributed by atoms with E-state index < -0.39 is 0 Å². The van der Waals surface area contributed by atoms with Gasteiger partial charge in [0.2, 0.25) is 0 Å². The van der Waals surface area contributed by atoms with Crippen LogP contribution in [0.25, 0.3) is 0 Å². The molecule has 0 amide bonds. The van der Waals surface area contributed by atoms with Gasteiger partial charge in [-0.25, -0.2) is 9.67 Å². The maximum absolute atomic E-state index is 12.1. The Balaban J connectivity index is 1.70. The van der Waals surface area contributed by atoms with Crippen LogP contribution in [0.4, 0.5) is 11.5 Å². The van der Waals surface area contributed by atoms with Crippen molar-refractivity contribution in [1.82, 2.24) is 19.7 Å². The number of aryl methyl sites for hydroxylation is 2. The molecule has 0 saturated carbocycles. The quantitative estimate of drug-likeness (QED) is 0.934. The zero-order chi connectivity index (χ0) is 17.1. The minimum atomic E-state index is -0.154. The number of nitrogens with zero attached hydrogens (tertiary/aromatic N) is 4. The predicted molar refractivity (Wildman–Crippen MR) is 95.8 cm³/mol. The van der Waals surface area contributed by atoms with E-state index in [2.05, 4.69) is 33.3 Å². The van der Waals surface area contributed by atoms with Crippen LogP contribution in [0.5, 0.6) is 0 Å². The monoisotopic (exact) mass is 327 g/mol. The lowest BCUT2D eigenvalue weighted by atomic mass is 9.90. The number of hydrogen-bond acceptors (Lipinski definition) is 5. The van der Waals surface area contributed by atoms with Crippen molar-refractivity contribution in [2.45, 2.75) is 32.6 Å². The van der Waals surface area contributed by atoms with E-state index in [1.807, 2.05) is 19.2 Å². The average Bonchev–Trinajstić information content (AvgIpc) is 2.60. The number of anilines is 2. The third-order valence-electron chi connectivity index (χ3n) is 4.74. The second-order valence-corrected chi connectivity index (χ2v) is 6.44. The first-order valence-corrected chi connectivity index (χ1v) is 8.57. The van der Waals surface area contributed by atoms with Gasteiger partial charge in [-0.05, 0) is 63.0 Å². The van der Waals surface area contributed by atoms with Crippen LogP contribution in [0, 0.1) is 6.92 Å². The van der Waals surface area contributed by atoms with Gasteiger partial charge in [-0.3, -0.25) is 4.79 Å². The molecule has 6 heteroatoms. The Labute approximate surface area is 142 Å².